The standard InChI is InChI=1S/C18H19N3O3S/c1-11-6-12-7-18(21-14(12)9-19-11)25-10-17(22)20-13-4-5-15(23-2)16(8-13)24-3/h4-6,8-9H,7,10H2,1-3H3,(H,20,22). The predicted molar refractivity (Wildman–Crippen MR) is 100 cm³/mol. The summed E-state index contributed by atoms with van der Waals surface area (Å²) in [6.45, 7) is 1.96. The van der Waals surface area contributed by atoms with Gasteiger partial charge in [0.05, 0.1) is 36.9 Å². The van der Waals surface area contributed by atoms with Gasteiger partial charge >= 0.3 is 0 Å². The fraction of sp³-hybridized carbons (Fsp3) is 0.278. The summed E-state index contributed by atoms with van der Waals surface area (Å²) < 4.78 is 10.4. The van der Waals surface area contributed by atoms with Crippen molar-refractivity contribution in [2.75, 3.05) is 25.3 Å². The van der Waals surface area contributed by atoms with Crippen molar-refractivity contribution in [3.05, 3.63) is 41.7 Å². The van der Waals surface area contributed by atoms with Crippen LogP contribution in [0.1, 0.15) is 11.3 Å². The van der Waals surface area contributed by atoms with Gasteiger partial charge in [0.25, 0.3) is 0 Å². The van der Waals surface area contributed by atoms with Gasteiger partial charge in [0, 0.05) is 23.9 Å². The third-order valence-electron chi connectivity index (χ3n) is 3.73. The van der Waals surface area contributed by atoms with Crippen LogP contribution < -0.4 is 14.8 Å². The van der Waals surface area contributed by atoms with E-state index in [2.05, 4.69) is 15.3 Å². The van der Waals surface area contributed by atoms with E-state index in [4.69, 9.17) is 9.47 Å². The van der Waals surface area contributed by atoms with Gasteiger partial charge in [0.1, 0.15) is 0 Å². The van der Waals surface area contributed by atoms with Crippen molar-refractivity contribution in [3.63, 3.8) is 0 Å². The number of methoxy groups -OCH3 is 2. The highest BCUT2D eigenvalue weighted by Crippen LogP contribution is 2.31. The lowest BCUT2D eigenvalue weighted by Crippen LogP contribution is -2.15. The molecule has 0 atom stereocenters. The Labute approximate surface area is 150 Å². The Kier molecular flexibility index (Phi) is 5.23. The number of nitrogens with one attached hydrogen (secondary N) is 1. The number of pyridine rings is 1. The van der Waals surface area contributed by atoms with Crippen LogP contribution in [0.25, 0.3) is 0 Å². The van der Waals surface area contributed by atoms with Crippen molar-refractivity contribution in [3.8, 4) is 11.5 Å². The van der Waals surface area contributed by atoms with Gasteiger partial charge in [-0.1, -0.05) is 0 Å². The number of fused-ring (bicyclic) bond motifs is 1. The fourth-order valence-electron chi connectivity index (χ4n) is 2.53. The number of carbonyl (C=O) groups excluding carboxylic acids is 1. The number of amides is 1. The number of thioether (sulfide) groups is 1. The number of nitrogens with zero attached hydrogens (tertiary/aromatic N) is 2. The maximum Gasteiger partial charge on any atom is 0.234 e. The minimum atomic E-state index is -0.0924. The Morgan fingerprint density at radius 2 is 2.04 bits per heavy atom. The number of hydrogen-bond donors (Lipinski definition) is 1. The van der Waals surface area contributed by atoms with Crippen LogP contribution in [0, 0.1) is 6.92 Å². The molecule has 1 N–H and O–H groups in total. The number of benzene rings is 1. The smallest absolute Gasteiger partial charge is 0.234 e. The molecule has 25 heavy (non-hydrogen) atoms. The third-order valence-corrected chi connectivity index (χ3v) is 4.70. The Morgan fingerprint density at radius 3 is 2.80 bits per heavy atom. The molecular weight excluding hydrogens is 338 g/mol. The van der Waals surface area contributed by atoms with E-state index in [-0.39, 0.29) is 5.91 Å². The molecule has 0 aliphatic carbocycles. The highest BCUT2D eigenvalue weighted by molar-refractivity contribution is 8.14. The Hall–Kier alpha value is -2.54. The zero-order valence-corrected chi connectivity index (χ0v) is 15.1. The molecule has 0 bridgehead atoms. The van der Waals surface area contributed by atoms with Crippen LogP contribution in [-0.4, -0.2) is 35.9 Å². The first-order chi connectivity index (χ1) is 12.1. The quantitative estimate of drug-likeness (QED) is 0.888. The molecule has 1 aromatic carbocycles. The second-order valence-electron chi connectivity index (χ2n) is 5.54. The topological polar surface area (TPSA) is 72.8 Å². The molecule has 1 aliphatic heterocycles. The zero-order valence-electron chi connectivity index (χ0n) is 14.3. The average molecular weight is 357 g/mol. The lowest BCUT2D eigenvalue weighted by atomic mass is 10.2. The first-order valence-electron chi connectivity index (χ1n) is 7.77. The molecule has 1 amide bonds. The Morgan fingerprint density at radius 1 is 1.24 bits per heavy atom. The van der Waals surface area contributed by atoms with Crippen molar-refractivity contribution in [2.45, 2.75) is 13.3 Å². The number of aliphatic imine (C=N–C) groups is 1. The van der Waals surface area contributed by atoms with E-state index >= 15 is 0 Å². The fourth-order valence-corrected chi connectivity index (χ4v) is 3.32. The molecular formula is C18H19N3O3S. The SMILES string of the molecule is COc1ccc(NC(=O)CSC2=Nc3cnc(C)cc3C2)cc1OC. The summed E-state index contributed by atoms with van der Waals surface area (Å²) in [5.74, 6) is 1.40. The molecule has 0 fully saturated rings. The summed E-state index contributed by atoms with van der Waals surface area (Å²) in [5, 5.41) is 3.79. The lowest BCUT2D eigenvalue weighted by Gasteiger charge is -2.10. The average Bonchev–Trinajstić information content (AvgIpc) is 3.01. The van der Waals surface area contributed by atoms with E-state index in [9.17, 15) is 4.79 Å². The number of carbonyl (C=O) groups is 1. The first-order valence-corrected chi connectivity index (χ1v) is 8.75. The van der Waals surface area contributed by atoms with Gasteiger partial charge in [-0.05, 0) is 30.7 Å². The zero-order chi connectivity index (χ0) is 17.8. The predicted octanol–water partition coefficient (Wildman–Crippen LogP) is 3.37. The van der Waals surface area contributed by atoms with Crippen molar-refractivity contribution < 1.29 is 14.3 Å². The van der Waals surface area contributed by atoms with E-state index in [0.29, 0.717) is 22.9 Å². The van der Waals surface area contributed by atoms with Gasteiger partial charge in [-0.2, -0.15) is 0 Å². The third kappa shape index (κ3) is 4.11. The van der Waals surface area contributed by atoms with Crippen LogP contribution in [0.2, 0.25) is 0 Å². The second-order valence-corrected chi connectivity index (χ2v) is 6.59. The highest BCUT2D eigenvalue weighted by Gasteiger charge is 2.17. The number of anilines is 1. The maximum absolute atomic E-state index is 12.2. The molecule has 0 saturated carbocycles. The molecule has 1 aromatic heterocycles. The summed E-state index contributed by atoms with van der Waals surface area (Å²) in [5.41, 5.74) is 3.70. The van der Waals surface area contributed by atoms with Gasteiger partial charge in [-0.3, -0.25) is 9.78 Å². The first kappa shape index (κ1) is 17.3. The lowest BCUT2D eigenvalue weighted by molar-refractivity contribution is -0.113. The van der Waals surface area contributed by atoms with Gasteiger partial charge in [0.15, 0.2) is 11.5 Å². The van der Waals surface area contributed by atoms with E-state index in [0.717, 1.165) is 28.4 Å². The number of hydrogen-bond acceptors (Lipinski definition) is 6. The Balaban J connectivity index is 1.56. The van der Waals surface area contributed by atoms with Crippen molar-refractivity contribution >= 4 is 34.1 Å². The largest absolute Gasteiger partial charge is 0.493 e. The monoisotopic (exact) mass is 357 g/mol. The molecule has 130 valence electrons. The van der Waals surface area contributed by atoms with E-state index in [1.165, 1.54) is 11.8 Å². The summed E-state index contributed by atoms with van der Waals surface area (Å²) in [4.78, 5) is 21.0. The van der Waals surface area contributed by atoms with Crippen LogP contribution in [0.15, 0.2) is 35.5 Å². The molecule has 0 unspecified atom stereocenters. The summed E-state index contributed by atoms with van der Waals surface area (Å²) in [7, 11) is 3.13. The second kappa shape index (κ2) is 7.57. The number of ether oxygens (including phenoxy) is 2. The van der Waals surface area contributed by atoms with Gasteiger partial charge in [-0.25, -0.2) is 4.99 Å². The van der Waals surface area contributed by atoms with E-state index in [1.807, 2.05) is 13.0 Å². The summed E-state index contributed by atoms with van der Waals surface area (Å²) in [6, 6.07) is 7.31. The van der Waals surface area contributed by atoms with E-state index < -0.39 is 0 Å². The van der Waals surface area contributed by atoms with Crippen molar-refractivity contribution in [1.29, 1.82) is 0 Å². The van der Waals surface area contributed by atoms with Crippen molar-refractivity contribution in [2.24, 2.45) is 4.99 Å². The minimum absolute atomic E-state index is 0.0924. The maximum atomic E-state index is 12.2. The van der Waals surface area contributed by atoms with Crippen LogP contribution in [0.4, 0.5) is 11.4 Å². The highest BCUT2D eigenvalue weighted by atomic mass is 32.2. The molecule has 0 spiro atoms. The van der Waals surface area contributed by atoms with Crippen LogP contribution in [-0.2, 0) is 11.2 Å². The molecule has 2 aromatic rings. The normalized spacial score (nSPS) is 12.4. The van der Waals surface area contributed by atoms with Gasteiger partial charge < -0.3 is 14.8 Å². The van der Waals surface area contributed by atoms with Gasteiger partial charge in [-0.15, -0.1) is 11.8 Å². The summed E-state index contributed by atoms with van der Waals surface area (Å²) in [6.07, 6.45) is 2.54. The molecule has 6 nitrogen and oxygen atoms in total. The molecule has 2 heterocycles. The number of aromatic nitrogens is 1. The van der Waals surface area contributed by atoms with Crippen molar-refractivity contribution in [1.82, 2.24) is 4.98 Å². The molecule has 7 heteroatoms. The molecule has 1 aliphatic rings. The van der Waals surface area contributed by atoms with Gasteiger partial charge in [0.2, 0.25) is 5.91 Å². The van der Waals surface area contributed by atoms with Crippen LogP contribution in [0.5, 0.6) is 11.5 Å². The molecule has 3 rings (SSSR count). The minimum Gasteiger partial charge on any atom is -0.493 e. The number of aryl methyl sites for hydroxylation is 1. The van der Waals surface area contributed by atoms with E-state index in [1.54, 1.807) is 38.6 Å². The molecule has 0 radical (unpaired) electrons. The number of rotatable bonds is 5. The summed E-state index contributed by atoms with van der Waals surface area (Å²) >= 11 is 1.45. The molecule has 0 saturated heterocycles. The van der Waals surface area contributed by atoms with Crippen LogP contribution in [0.3, 0.4) is 0 Å². The van der Waals surface area contributed by atoms with Crippen LogP contribution >= 0.6 is 11.8 Å². The Bertz CT molecular complexity index is 836.